The SMILES string of the molecule is CN(C)CCN1CCC2CNc3c(O)c4c(c(F)c3C21)C[C@H]1C[C@H]2[C@H](N(C)C)C(O)=C(C(N)=O)C(=O)[C@@]2(O)C(O)=C1C4=O. The highest BCUT2D eigenvalue weighted by Crippen LogP contribution is 2.56. The van der Waals surface area contributed by atoms with Crippen molar-refractivity contribution >= 4 is 23.2 Å². The van der Waals surface area contributed by atoms with E-state index in [9.17, 15) is 34.8 Å². The first-order chi connectivity index (χ1) is 20.2. The number of nitrogens with zero attached hydrogens (tertiary/aromatic N) is 3. The number of allylic oxidation sites excluding steroid dienone is 1. The number of likely N-dealkylation sites (tertiary alicyclic amines) is 1. The summed E-state index contributed by atoms with van der Waals surface area (Å²) >= 11 is 0. The van der Waals surface area contributed by atoms with Crippen molar-refractivity contribution in [2.75, 3.05) is 59.7 Å². The number of hydrogen-bond acceptors (Lipinski definition) is 11. The lowest BCUT2D eigenvalue weighted by molar-refractivity contribution is -0.148. The zero-order chi connectivity index (χ0) is 31.3. The Morgan fingerprint density at radius 3 is 2.51 bits per heavy atom. The molecule has 0 aromatic heterocycles. The molecule has 6 rings (SSSR count). The predicted molar refractivity (Wildman–Crippen MR) is 153 cm³/mol. The van der Waals surface area contributed by atoms with Gasteiger partial charge in [0, 0.05) is 48.3 Å². The van der Waals surface area contributed by atoms with Gasteiger partial charge in [0.25, 0.3) is 5.91 Å². The summed E-state index contributed by atoms with van der Waals surface area (Å²) in [5, 5.41) is 48.8. The number of fused-ring (bicyclic) bond motifs is 6. The van der Waals surface area contributed by atoms with Gasteiger partial charge in [-0.15, -0.1) is 0 Å². The van der Waals surface area contributed by atoms with E-state index in [0.29, 0.717) is 18.7 Å². The van der Waals surface area contributed by atoms with E-state index in [1.807, 2.05) is 14.1 Å². The molecule has 1 amide bonds. The van der Waals surface area contributed by atoms with Gasteiger partial charge in [0.1, 0.15) is 22.9 Å². The van der Waals surface area contributed by atoms with Crippen LogP contribution in [0.15, 0.2) is 22.7 Å². The number of carbonyl (C=O) groups is 3. The number of anilines is 1. The molecule has 0 saturated carbocycles. The molecule has 0 bridgehead atoms. The van der Waals surface area contributed by atoms with Crippen LogP contribution in [0.4, 0.5) is 10.1 Å². The van der Waals surface area contributed by atoms with Gasteiger partial charge in [-0.05, 0) is 65.8 Å². The van der Waals surface area contributed by atoms with Gasteiger partial charge in [-0.1, -0.05) is 0 Å². The Labute approximate surface area is 248 Å². The molecule has 12 nitrogen and oxygen atoms in total. The summed E-state index contributed by atoms with van der Waals surface area (Å²) in [6.45, 7) is 2.74. The van der Waals surface area contributed by atoms with Gasteiger partial charge in [0.05, 0.1) is 17.3 Å². The zero-order valence-corrected chi connectivity index (χ0v) is 24.6. The second kappa shape index (κ2) is 10.0. The van der Waals surface area contributed by atoms with Gasteiger partial charge in [0.2, 0.25) is 5.78 Å². The minimum Gasteiger partial charge on any atom is -0.510 e. The standard InChI is InChI=1S/C30H38FN5O7/c1-34(2)7-8-36-6-5-12-11-33-21-18(22(12)36)20(31)14-9-13-10-15-23(35(3)4)26(39)19(29(32)42)28(41)30(15,43)27(40)16(13)24(37)17(14)25(21)38/h12-13,15,22-23,33,38-40,43H,5-11H2,1-4H3,(H2,32,42)/t12?,13-,15-,22?,23-,30-/m0/s1. The third-order valence-electron chi connectivity index (χ3n) is 10.2. The van der Waals surface area contributed by atoms with Crippen LogP contribution in [-0.2, 0) is 16.0 Å². The molecule has 1 aromatic rings. The summed E-state index contributed by atoms with van der Waals surface area (Å²) < 4.78 is 16.7. The Morgan fingerprint density at radius 1 is 1.19 bits per heavy atom. The number of nitrogens with one attached hydrogen (secondary N) is 1. The summed E-state index contributed by atoms with van der Waals surface area (Å²) in [5.41, 5.74) is 1.63. The molecule has 2 aliphatic heterocycles. The highest BCUT2D eigenvalue weighted by atomic mass is 19.1. The van der Waals surface area contributed by atoms with E-state index in [0.717, 1.165) is 19.5 Å². The van der Waals surface area contributed by atoms with Crippen LogP contribution in [0, 0.1) is 23.6 Å². The second-order valence-electron chi connectivity index (χ2n) is 13.0. The number of nitrogens with two attached hydrogens (primary N) is 1. The van der Waals surface area contributed by atoms with Crippen molar-refractivity contribution in [2.45, 2.75) is 36.9 Å². The summed E-state index contributed by atoms with van der Waals surface area (Å²) in [4.78, 5) is 45.4. The summed E-state index contributed by atoms with van der Waals surface area (Å²) in [7, 11) is 7.05. The van der Waals surface area contributed by atoms with Gasteiger partial charge in [-0.3, -0.25) is 24.2 Å². The minimum absolute atomic E-state index is 0.0243. The number of Topliss-reactive ketones (excluding diaryl/α,β-unsaturated/α-hetero) is 2. The average Bonchev–Trinajstić information content (AvgIpc) is 3.35. The van der Waals surface area contributed by atoms with Gasteiger partial charge < -0.3 is 36.4 Å². The number of halogens is 1. The molecule has 3 aliphatic carbocycles. The van der Waals surface area contributed by atoms with Crippen LogP contribution in [0.2, 0.25) is 0 Å². The van der Waals surface area contributed by atoms with Crippen molar-refractivity contribution in [2.24, 2.45) is 23.5 Å². The quantitative estimate of drug-likeness (QED) is 0.206. The lowest BCUT2D eigenvalue weighted by Gasteiger charge is -2.50. The van der Waals surface area contributed by atoms with Crippen LogP contribution >= 0.6 is 0 Å². The van der Waals surface area contributed by atoms with E-state index in [-0.39, 0.29) is 47.2 Å². The maximum atomic E-state index is 16.7. The summed E-state index contributed by atoms with van der Waals surface area (Å²) in [6, 6.07) is -1.39. The van der Waals surface area contributed by atoms with E-state index < -0.39 is 69.6 Å². The first-order valence-corrected chi connectivity index (χ1v) is 14.6. The van der Waals surface area contributed by atoms with E-state index in [1.165, 1.54) is 4.90 Å². The van der Waals surface area contributed by atoms with E-state index in [2.05, 4.69) is 15.1 Å². The summed E-state index contributed by atoms with van der Waals surface area (Å²) in [6.07, 6.45) is 0.674. The molecule has 6 atom stereocenters. The van der Waals surface area contributed by atoms with Crippen LogP contribution in [0.25, 0.3) is 0 Å². The number of amides is 1. The largest absolute Gasteiger partial charge is 0.510 e. The van der Waals surface area contributed by atoms with Crippen molar-refractivity contribution in [1.82, 2.24) is 14.7 Å². The van der Waals surface area contributed by atoms with Crippen LogP contribution in [-0.4, -0.2) is 119 Å². The van der Waals surface area contributed by atoms with Gasteiger partial charge in [-0.25, -0.2) is 4.39 Å². The molecule has 0 spiro atoms. The normalized spacial score (nSPS) is 32.0. The fraction of sp³-hybridized carbons (Fsp3) is 0.567. The van der Waals surface area contributed by atoms with Gasteiger partial charge in [-0.2, -0.15) is 0 Å². The Morgan fingerprint density at radius 2 is 1.88 bits per heavy atom. The minimum atomic E-state index is -2.74. The highest BCUT2D eigenvalue weighted by molar-refractivity contribution is 6.25. The molecule has 1 fully saturated rings. The molecule has 5 aliphatic rings. The molecular formula is C30H38FN5O7. The number of benzene rings is 1. The molecule has 43 heavy (non-hydrogen) atoms. The van der Waals surface area contributed by atoms with Gasteiger partial charge in [0.15, 0.2) is 17.1 Å². The molecule has 2 heterocycles. The third-order valence-corrected chi connectivity index (χ3v) is 10.2. The van der Waals surface area contributed by atoms with Crippen molar-refractivity contribution in [1.29, 1.82) is 0 Å². The molecule has 1 saturated heterocycles. The molecule has 232 valence electrons. The van der Waals surface area contributed by atoms with Crippen molar-refractivity contribution in [3.8, 4) is 5.75 Å². The van der Waals surface area contributed by atoms with Crippen LogP contribution < -0.4 is 11.1 Å². The molecule has 1 aromatic carbocycles. The number of rotatable bonds is 5. The average molecular weight is 600 g/mol. The fourth-order valence-corrected chi connectivity index (χ4v) is 8.19. The van der Waals surface area contributed by atoms with Crippen molar-refractivity contribution in [3.05, 3.63) is 45.2 Å². The Kier molecular flexibility index (Phi) is 6.88. The van der Waals surface area contributed by atoms with Crippen LogP contribution in [0.3, 0.4) is 0 Å². The molecular weight excluding hydrogens is 561 g/mol. The first-order valence-electron chi connectivity index (χ1n) is 14.6. The maximum Gasteiger partial charge on any atom is 0.255 e. The van der Waals surface area contributed by atoms with E-state index in [4.69, 9.17) is 5.73 Å². The second-order valence-corrected chi connectivity index (χ2v) is 13.0. The lowest BCUT2D eigenvalue weighted by Crippen LogP contribution is -2.63. The number of aliphatic hydroxyl groups is 3. The number of ketones is 2. The van der Waals surface area contributed by atoms with E-state index in [1.54, 1.807) is 14.1 Å². The smallest absolute Gasteiger partial charge is 0.255 e. The monoisotopic (exact) mass is 599 g/mol. The Bertz CT molecular complexity index is 1520. The number of aromatic hydroxyl groups is 1. The molecule has 7 N–H and O–H groups in total. The Hall–Kier alpha value is -3.52. The number of phenols is 1. The van der Waals surface area contributed by atoms with Crippen LogP contribution in [0.5, 0.6) is 5.75 Å². The fourth-order valence-electron chi connectivity index (χ4n) is 8.19. The Balaban J connectivity index is 1.49. The molecule has 0 radical (unpaired) electrons. The number of carbonyl (C=O) groups excluding carboxylic acids is 3. The van der Waals surface area contributed by atoms with Crippen LogP contribution in [0.1, 0.15) is 40.4 Å². The summed E-state index contributed by atoms with van der Waals surface area (Å²) in [5.74, 6) is -8.02. The first kappa shape index (κ1) is 29.5. The third kappa shape index (κ3) is 3.98. The van der Waals surface area contributed by atoms with Crippen molar-refractivity contribution < 1.29 is 39.2 Å². The number of aliphatic hydroxyl groups excluding tert-OH is 2. The number of primary amides is 1. The lowest BCUT2D eigenvalue weighted by atomic mass is 9.58. The topological polar surface area (TPSA) is 180 Å². The highest BCUT2D eigenvalue weighted by Gasteiger charge is 2.63. The van der Waals surface area contributed by atoms with Crippen molar-refractivity contribution in [3.63, 3.8) is 0 Å². The molecule has 2 unspecified atom stereocenters. The number of hydrogen-bond donors (Lipinski definition) is 6. The zero-order valence-electron chi connectivity index (χ0n) is 24.6. The van der Waals surface area contributed by atoms with E-state index >= 15 is 4.39 Å². The molecule has 13 heteroatoms. The number of phenolic OH excluding ortho intramolecular Hbond substituents is 1. The maximum absolute atomic E-state index is 16.7. The van der Waals surface area contributed by atoms with Gasteiger partial charge >= 0.3 is 0 Å². The number of likely N-dealkylation sites (N-methyl/N-ethyl adjacent to an activating group) is 2. The predicted octanol–water partition coefficient (Wildman–Crippen LogP) is 0.610.